The van der Waals surface area contributed by atoms with E-state index in [9.17, 15) is 4.39 Å². The largest absolute Gasteiger partial charge is 0.490 e. The van der Waals surface area contributed by atoms with Gasteiger partial charge in [-0.1, -0.05) is 26.0 Å². The summed E-state index contributed by atoms with van der Waals surface area (Å²) < 4.78 is 19.3. The molecular formula is C14H22FNO. The maximum atomic E-state index is 13.7. The maximum Gasteiger partial charge on any atom is 0.165 e. The van der Waals surface area contributed by atoms with Crippen molar-refractivity contribution in [2.75, 3.05) is 13.7 Å². The predicted molar refractivity (Wildman–Crippen MR) is 68.8 cm³/mol. The number of hydrogen-bond donors (Lipinski definition) is 1. The average Bonchev–Trinajstić information content (AvgIpc) is 2.29. The third kappa shape index (κ3) is 4.00. The highest BCUT2D eigenvalue weighted by molar-refractivity contribution is 5.37. The molecule has 0 aliphatic rings. The Kier molecular flexibility index (Phi) is 5.42. The van der Waals surface area contributed by atoms with Crippen LogP contribution in [0.2, 0.25) is 0 Å². The number of hydrogen-bond acceptors (Lipinski definition) is 2. The van der Waals surface area contributed by atoms with Crippen LogP contribution in [0.15, 0.2) is 18.2 Å². The number of halogens is 1. The van der Waals surface area contributed by atoms with Crippen LogP contribution in [0.5, 0.6) is 5.75 Å². The van der Waals surface area contributed by atoms with Crippen molar-refractivity contribution >= 4 is 0 Å². The van der Waals surface area contributed by atoms with E-state index in [-0.39, 0.29) is 11.9 Å². The molecule has 1 rings (SSSR count). The van der Waals surface area contributed by atoms with Crippen LogP contribution in [0.1, 0.15) is 38.8 Å². The van der Waals surface area contributed by atoms with E-state index in [1.165, 1.54) is 6.07 Å². The van der Waals surface area contributed by atoms with Crippen LogP contribution in [0, 0.1) is 11.7 Å². The summed E-state index contributed by atoms with van der Waals surface area (Å²) in [6, 6.07) is 5.14. The van der Waals surface area contributed by atoms with Crippen molar-refractivity contribution in [1.82, 2.24) is 5.32 Å². The highest BCUT2D eigenvalue weighted by Crippen LogP contribution is 2.28. The van der Waals surface area contributed by atoms with Gasteiger partial charge in [0.2, 0.25) is 0 Å². The van der Waals surface area contributed by atoms with Gasteiger partial charge in [-0.2, -0.15) is 0 Å². The molecule has 0 saturated heterocycles. The molecule has 17 heavy (non-hydrogen) atoms. The first-order valence-corrected chi connectivity index (χ1v) is 6.14. The van der Waals surface area contributed by atoms with Gasteiger partial charge in [-0.25, -0.2) is 4.39 Å². The van der Waals surface area contributed by atoms with E-state index in [0.29, 0.717) is 18.3 Å². The average molecular weight is 239 g/mol. The lowest BCUT2D eigenvalue weighted by molar-refractivity contribution is 0.272. The van der Waals surface area contributed by atoms with Gasteiger partial charge in [0.15, 0.2) is 11.6 Å². The molecule has 1 N–H and O–H groups in total. The summed E-state index contributed by atoms with van der Waals surface area (Å²) in [5.74, 6) is 0.662. The van der Waals surface area contributed by atoms with E-state index in [0.717, 1.165) is 12.0 Å². The normalized spacial score (nSPS) is 12.8. The van der Waals surface area contributed by atoms with Gasteiger partial charge in [0.05, 0.1) is 6.61 Å². The van der Waals surface area contributed by atoms with E-state index in [2.05, 4.69) is 19.2 Å². The Bertz CT molecular complexity index is 352. The molecule has 0 spiro atoms. The van der Waals surface area contributed by atoms with Gasteiger partial charge in [0.25, 0.3) is 0 Å². The number of rotatable bonds is 6. The molecule has 0 amide bonds. The Morgan fingerprint density at radius 2 is 2.00 bits per heavy atom. The molecule has 3 heteroatoms. The number of ether oxygens (including phenoxy) is 1. The first kappa shape index (κ1) is 14.0. The Balaban J connectivity index is 2.80. The molecule has 96 valence electrons. The van der Waals surface area contributed by atoms with Crippen molar-refractivity contribution in [1.29, 1.82) is 0 Å². The molecule has 0 fully saturated rings. The Morgan fingerprint density at radius 1 is 1.29 bits per heavy atom. The molecule has 0 heterocycles. The quantitative estimate of drug-likeness (QED) is 0.820. The zero-order chi connectivity index (χ0) is 12.8. The summed E-state index contributed by atoms with van der Waals surface area (Å²) >= 11 is 0. The molecule has 0 radical (unpaired) electrons. The van der Waals surface area contributed by atoms with Crippen molar-refractivity contribution in [2.24, 2.45) is 5.92 Å². The molecular weight excluding hydrogens is 217 g/mol. The molecule has 1 aromatic carbocycles. The molecule has 0 bridgehead atoms. The minimum atomic E-state index is -0.284. The van der Waals surface area contributed by atoms with E-state index in [1.54, 1.807) is 6.07 Å². The van der Waals surface area contributed by atoms with Crippen LogP contribution < -0.4 is 10.1 Å². The Labute approximate surface area is 103 Å². The fraction of sp³-hybridized carbons (Fsp3) is 0.571. The third-order valence-electron chi connectivity index (χ3n) is 2.84. The van der Waals surface area contributed by atoms with Crippen LogP contribution in [0.3, 0.4) is 0 Å². The summed E-state index contributed by atoms with van der Waals surface area (Å²) in [5, 5.41) is 3.10. The molecule has 2 nitrogen and oxygen atoms in total. The monoisotopic (exact) mass is 239 g/mol. The van der Waals surface area contributed by atoms with Crippen molar-refractivity contribution < 1.29 is 9.13 Å². The second kappa shape index (κ2) is 6.60. The van der Waals surface area contributed by atoms with Gasteiger partial charge < -0.3 is 10.1 Å². The summed E-state index contributed by atoms with van der Waals surface area (Å²) in [4.78, 5) is 0. The van der Waals surface area contributed by atoms with E-state index >= 15 is 0 Å². The summed E-state index contributed by atoms with van der Waals surface area (Å²) in [6.45, 7) is 6.80. The molecule has 0 saturated carbocycles. The topological polar surface area (TPSA) is 21.3 Å². The van der Waals surface area contributed by atoms with Crippen LogP contribution in [0.4, 0.5) is 4.39 Å². The van der Waals surface area contributed by atoms with Crippen LogP contribution in [-0.4, -0.2) is 13.7 Å². The van der Waals surface area contributed by atoms with Gasteiger partial charge in [0, 0.05) is 11.6 Å². The summed E-state index contributed by atoms with van der Waals surface area (Å²) in [6.07, 6.45) is 0.932. The minimum absolute atomic E-state index is 0.0831. The molecule has 1 atom stereocenters. The zero-order valence-corrected chi connectivity index (χ0v) is 11.1. The zero-order valence-electron chi connectivity index (χ0n) is 11.1. The van der Waals surface area contributed by atoms with Gasteiger partial charge in [-0.15, -0.1) is 0 Å². The van der Waals surface area contributed by atoms with Crippen molar-refractivity contribution in [3.8, 4) is 5.75 Å². The lowest BCUT2D eigenvalue weighted by atomic mass is 10.1. The minimum Gasteiger partial charge on any atom is -0.490 e. The predicted octanol–water partition coefficient (Wildman–Crippen LogP) is 3.53. The summed E-state index contributed by atoms with van der Waals surface area (Å²) in [7, 11) is 1.85. The van der Waals surface area contributed by atoms with Crippen molar-refractivity contribution in [3.05, 3.63) is 29.6 Å². The number of benzene rings is 1. The molecule has 0 aromatic heterocycles. The fourth-order valence-electron chi connectivity index (χ4n) is 1.57. The van der Waals surface area contributed by atoms with E-state index in [4.69, 9.17) is 4.74 Å². The SMILES string of the molecule is CNC(C)c1cccc(F)c1OCCC(C)C. The number of nitrogens with one attached hydrogen (secondary N) is 1. The van der Waals surface area contributed by atoms with Crippen LogP contribution in [0.25, 0.3) is 0 Å². The van der Waals surface area contributed by atoms with Crippen LogP contribution >= 0.6 is 0 Å². The fourth-order valence-corrected chi connectivity index (χ4v) is 1.57. The second-order valence-electron chi connectivity index (χ2n) is 4.70. The van der Waals surface area contributed by atoms with E-state index < -0.39 is 0 Å². The Morgan fingerprint density at radius 3 is 2.59 bits per heavy atom. The molecule has 0 aliphatic heterocycles. The highest BCUT2D eigenvalue weighted by atomic mass is 19.1. The first-order valence-electron chi connectivity index (χ1n) is 6.14. The smallest absolute Gasteiger partial charge is 0.165 e. The highest BCUT2D eigenvalue weighted by Gasteiger charge is 2.14. The van der Waals surface area contributed by atoms with E-state index in [1.807, 2.05) is 20.0 Å². The van der Waals surface area contributed by atoms with Gasteiger partial charge in [-0.05, 0) is 32.4 Å². The standard InChI is InChI=1S/C14H22FNO/c1-10(2)8-9-17-14-12(11(3)16-4)6-5-7-13(14)15/h5-7,10-11,16H,8-9H2,1-4H3. The lowest BCUT2D eigenvalue weighted by Crippen LogP contribution is -2.15. The first-order chi connectivity index (χ1) is 8.06. The van der Waals surface area contributed by atoms with Crippen molar-refractivity contribution in [2.45, 2.75) is 33.2 Å². The molecule has 1 unspecified atom stereocenters. The third-order valence-corrected chi connectivity index (χ3v) is 2.84. The number of para-hydroxylation sites is 1. The molecule has 0 aliphatic carbocycles. The van der Waals surface area contributed by atoms with Crippen LogP contribution in [-0.2, 0) is 0 Å². The summed E-state index contributed by atoms with van der Waals surface area (Å²) in [5.41, 5.74) is 0.872. The molecule has 1 aromatic rings. The Hall–Kier alpha value is -1.09. The lowest BCUT2D eigenvalue weighted by Gasteiger charge is -2.17. The maximum absolute atomic E-state index is 13.7. The van der Waals surface area contributed by atoms with Gasteiger partial charge in [0.1, 0.15) is 0 Å². The second-order valence-corrected chi connectivity index (χ2v) is 4.70. The van der Waals surface area contributed by atoms with Gasteiger partial charge >= 0.3 is 0 Å². The van der Waals surface area contributed by atoms with Crippen molar-refractivity contribution in [3.63, 3.8) is 0 Å². The van der Waals surface area contributed by atoms with Gasteiger partial charge in [-0.3, -0.25) is 0 Å².